The molecule has 138 valence electrons. The van der Waals surface area contributed by atoms with E-state index in [0.717, 1.165) is 0 Å². The van der Waals surface area contributed by atoms with Gasteiger partial charge in [-0.1, -0.05) is 18.2 Å². The maximum atomic E-state index is 12.3. The number of ether oxygens (including phenoxy) is 2. The zero-order chi connectivity index (χ0) is 19.0. The maximum Gasteiger partial charge on any atom is 0.407 e. The van der Waals surface area contributed by atoms with Gasteiger partial charge < -0.3 is 19.7 Å². The number of carbonyl (C=O) groups is 3. The molecule has 0 fully saturated rings. The number of nitrogens with zero attached hydrogens (tertiary/aromatic N) is 1. The van der Waals surface area contributed by atoms with Gasteiger partial charge >= 0.3 is 12.1 Å². The lowest BCUT2D eigenvalue weighted by Gasteiger charge is -2.22. The van der Waals surface area contributed by atoms with E-state index in [-0.39, 0.29) is 18.9 Å². The minimum atomic E-state index is -0.917. The highest BCUT2D eigenvalue weighted by atomic mass is 16.6. The van der Waals surface area contributed by atoms with Crippen molar-refractivity contribution in [3.63, 3.8) is 0 Å². The summed E-state index contributed by atoms with van der Waals surface area (Å²) in [6, 6.07) is 9.06. The van der Waals surface area contributed by atoms with Crippen molar-refractivity contribution >= 4 is 23.7 Å². The van der Waals surface area contributed by atoms with Gasteiger partial charge in [-0.25, -0.2) is 4.79 Å². The first-order valence-corrected chi connectivity index (χ1v) is 8.09. The van der Waals surface area contributed by atoms with E-state index in [9.17, 15) is 14.4 Å². The normalized spacial score (nSPS) is 12.0. The van der Waals surface area contributed by atoms with Gasteiger partial charge in [-0.3, -0.25) is 9.59 Å². The van der Waals surface area contributed by atoms with E-state index >= 15 is 0 Å². The van der Waals surface area contributed by atoms with Crippen LogP contribution in [0.4, 0.5) is 10.5 Å². The molecule has 1 aromatic rings. The van der Waals surface area contributed by atoms with Crippen LogP contribution in [0.3, 0.4) is 0 Å². The van der Waals surface area contributed by atoms with Crippen LogP contribution in [0.25, 0.3) is 0 Å². The number of benzene rings is 1. The molecule has 0 spiro atoms. The number of amides is 2. The van der Waals surface area contributed by atoms with Crippen LogP contribution in [0.15, 0.2) is 30.3 Å². The standard InChI is InChI=1S/C18H26N2O5/c1-13(16(22)20(5)14-9-7-6-8-10-14)24-15(21)11-12-19-17(23)25-18(2,3)4/h6-10,13H,11-12H2,1-5H3,(H,19,23)/t13-/m1/s1. The Bertz CT molecular complexity index is 595. The quantitative estimate of drug-likeness (QED) is 0.797. The zero-order valence-corrected chi connectivity index (χ0v) is 15.4. The third-order valence-electron chi connectivity index (χ3n) is 3.13. The lowest BCUT2D eigenvalue weighted by Crippen LogP contribution is -2.38. The minimum Gasteiger partial charge on any atom is -0.452 e. The number of anilines is 1. The van der Waals surface area contributed by atoms with Crippen molar-refractivity contribution in [2.45, 2.75) is 45.8 Å². The molecule has 0 heterocycles. The molecule has 0 unspecified atom stereocenters. The monoisotopic (exact) mass is 350 g/mol. The summed E-state index contributed by atoms with van der Waals surface area (Å²) in [6.07, 6.45) is -1.57. The zero-order valence-electron chi connectivity index (χ0n) is 15.4. The Balaban J connectivity index is 2.38. The van der Waals surface area contributed by atoms with Crippen molar-refractivity contribution in [3.8, 4) is 0 Å². The second-order valence-corrected chi connectivity index (χ2v) is 6.54. The van der Waals surface area contributed by atoms with E-state index < -0.39 is 23.8 Å². The first kappa shape index (κ1) is 20.5. The van der Waals surface area contributed by atoms with E-state index in [0.29, 0.717) is 5.69 Å². The third kappa shape index (κ3) is 7.69. The highest BCUT2D eigenvalue weighted by Crippen LogP contribution is 2.13. The Morgan fingerprint density at radius 3 is 2.32 bits per heavy atom. The van der Waals surface area contributed by atoms with Crippen LogP contribution in [0, 0.1) is 0 Å². The fourth-order valence-electron chi connectivity index (χ4n) is 1.94. The second-order valence-electron chi connectivity index (χ2n) is 6.54. The average molecular weight is 350 g/mol. The Morgan fingerprint density at radius 2 is 1.76 bits per heavy atom. The highest BCUT2D eigenvalue weighted by molar-refractivity contribution is 5.96. The predicted molar refractivity (Wildman–Crippen MR) is 94.3 cm³/mol. The number of likely N-dealkylation sites (N-methyl/N-ethyl adjacent to an activating group) is 1. The summed E-state index contributed by atoms with van der Waals surface area (Å²) in [5.41, 5.74) is 0.107. The van der Waals surface area contributed by atoms with E-state index in [1.54, 1.807) is 40.0 Å². The van der Waals surface area contributed by atoms with Crippen LogP contribution < -0.4 is 10.2 Å². The summed E-state index contributed by atoms with van der Waals surface area (Å²) in [5.74, 6) is -0.905. The summed E-state index contributed by atoms with van der Waals surface area (Å²) < 4.78 is 10.2. The van der Waals surface area contributed by atoms with Crippen LogP contribution in [-0.2, 0) is 19.1 Å². The fraction of sp³-hybridized carbons (Fsp3) is 0.500. The molecule has 0 saturated carbocycles. The van der Waals surface area contributed by atoms with E-state index in [1.807, 2.05) is 18.2 Å². The number of nitrogens with one attached hydrogen (secondary N) is 1. The molecule has 0 aliphatic rings. The first-order valence-electron chi connectivity index (χ1n) is 8.09. The number of esters is 1. The summed E-state index contributed by atoms with van der Waals surface area (Å²) in [7, 11) is 1.62. The van der Waals surface area contributed by atoms with Crippen LogP contribution >= 0.6 is 0 Å². The topological polar surface area (TPSA) is 84.9 Å². The second kappa shape index (κ2) is 9.05. The van der Waals surface area contributed by atoms with Gasteiger partial charge in [0, 0.05) is 19.3 Å². The van der Waals surface area contributed by atoms with Gasteiger partial charge in [0.25, 0.3) is 5.91 Å². The number of rotatable bonds is 6. The molecule has 0 aliphatic carbocycles. The molecule has 1 aromatic carbocycles. The van der Waals surface area contributed by atoms with Crippen molar-refractivity contribution in [3.05, 3.63) is 30.3 Å². The molecule has 0 aromatic heterocycles. The summed E-state index contributed by atoms with van der Waals surface area (Å²) >= 11 is 0. The van der Waals surface area contributed by atoms with E-state index in [1.165, 1.54) is 11.8 Å². The predicted octanol–water partition coefficient (Wildman–Crippen LogP) is 2.50. The van der Waals surface area contributed by atoms with Crippen molar-refractivity contribution in [1.82, 2.24) is 5.32 Å². The summed E-state index contributed by atoms with van der Waals surface area (Å²) in [4.78, 5) is 37.0. The number of alkyl carbamates (subject to hydrolysis) is 1. The van der Waals surface area contributed by atoms with Gasteiger partial charge in [-0.05, 0) is 39.8 Å². The number of hydrogen-bond donors (Lipinski definition) is 1. The van der Waals surface area contributed by atoms with Crippen LogP contribution in [0.2, 0.25) is 0 Å². The van der Waals surface area contributed by atoms with E-state index in [4.69, 9.17) is 9.47 Å². The SMILES string of the molecule is C[C@@H](OC(=O)CCNC(=O)OC(C)(C)C)C(=O)N(C)c1ccccc1. The maximum absolute atomic E-state index is 12.3. The van der Waals surface area contributed by atoms with Crippen molar-refractivity contribution in [2.24, 2.45) is 0 Å². The molecule has 7 heteroatoms. The molecule has 0 bridgehead atoms. The fourth-order valence-corrected chi connectivity index (χ4v) is 1.94. The van der Waals surface area contributed by atoms with Gasteiger partial charge in [-0.2, -0.15) is 0 Å². The third-order valence-corrected chi connectivity index (χ3v) is 3.13. The van der Waals surface area contributed by atoms with Crippen LogP contribution in [0.5, 0.6) is 0 Å². The average Bonchev–Trinajstić information content (AvgIpc) is 2.52. The van der Waals surface area contributed by atoms with Crippen LogP contribution in [0.1, 0.15) is 34.1 Å². The molecule has 25 heavy (non-hydrogen) atoms. The Morgan fingerprint density at radius 1 is 1.16 bits per heavy atom. The molecule has 1 atom stereocenters. The minimum absolute atomic E-state index is 0.0497. The van der Waals surface area contributed by atoms with Crippen molar-refractivity contribution in [2.75, 3.05) is 18.5 Å². The molecule has 1 rings (SSSR count). The first-order chi connectivity index (χ1) is 11.6. The Kier molecular flexibility index (Phi) is 7.42. The van der Waals surface area contributed by atoms with Crippen molar-refractivity contribution in [1.29, 1.82) is 0 Å². The van der Waals surface area contributed by atoms with Gasteiger partial charge in [0.1, 0.15) is 5.60 Å². The Labute approximate surface area is 148 Å². The molecule has 1 N–H and O–H groups in total. The van der Waals surface area contributed by atoms with E-state index in [2.05, 4.69) is 5.32 Å². The number of carbonyl (C=O) groups excluding carboxylic acids is 3. The lowest BCUT2D eigenvalue weighted by molar-refractivity contribution is -0.153. The van der Waals surface area contributed by atoms with Gasteiger partial charge in [0.15, 0.2) is 6.10 Å². The van der Waals surface area contributed by atoms with Crippen LogP contribution in [-0.4, -0.2) is 43.3 Å². The Hall–Kier alpha value is -2.57. The van der Waals surface area contributed by atoms with Crippen molar-refractivity contribution < 1.29 is 23.9 Å². The number of para-hydroxylation sites is 1. The lowest BCUT2D eigenvalue weighted by atomic mass is 10.2. The molecular formula is C18H26N2O5. The molecule has 0 radical (unpaired) electrons. The van der Waals surface area contributed by atoms with Gasteiger partial charge in [-0.15, -0.1) is 0 Å². The molecular weight excluding hydrogens is 324 g/mol. The molecule has 7 nitrogen and oxygen atoms in total. The smallest absolute Gasteiger partial charge is 0.407 e. The summed E-state index contributed by atoms with van der Waals surface area (Å²) in [5, 5.41) is 2.46. The molecule has 0 saturated heterocycles. The summed E-state index contributed by atoms with van der Waals surface area (Å²) in [6.45, 7) is 6.83. The van der Waals surface area contributed by atoms with Gasteiger partial charge in [0.05, 0.1) is 6.42 Å². The number of hydrogen-bond acceptors (Lipinski definition) is 5. The largest absolute Gasteiger partial charge is 0.452 e. The molecule has 2 amide bonds. The van der Waals surface area contributed by atoms with Gasteiger partial charge in [0.2, 0.25) is 0 Å². The molecule has 0 aliphatic heterocycles. The highest BCUT2D eigenvalue weighted by Gasteiger charge is 2.22.